The van der Waals surface area contributed by atoms with Crippen molar-refractivity contribution < 1.29 is 18.0 Å². The monoisotopic (exact) mass is 560 g/mol. The van der Waals surface area contributed by atoms with Crippen LogP contribution in [0.1, 0.15) is 56.7 Å². The van der Waals surface area contributed by atoms with Crippen LogP contribution in [0, 0.1) is 31.6 Å². The van der Waals surface area contributed by atoms with Crippen molar-refractivity contribution in [2.75, 3.05) is 25.9 Å². The Morgan fingerprint density at radius 3 is 2.51 bits per heavy atom. The molecule has 4 aromatic rings. The van der Waals surface area contributed by atoms with E-state index in [-0.39, 0.29) is 17.5 Å². The van der Waals surface area contributed by atoms with Crippen molar-refractivity contribution in [1.82, 2.24) is 24.6 Å². The van der Waals surface area contributed by atoms with E-state index in [2.05, 4.69) is 33.8 Å². The van der Waals surface area contributed by atoms with E-state index in [1.807, 2.05) is 17.7 Å². The lowest BCUT2D eigenvalue weighted by Gasteiger charge is -2.28. The average molecular weight is 561 g/mol. The Hall–Kier alpha value is -4.23. The molecule has 41 heavy (non-hydrogen) atoms. The van der Waals surface area contributed by atoms with E-state index in [9.17, 15) is 18.0 Å². The summed E-state index contributed by atoms with van der Waals surface area (Å²) in [6, 6.07) is 9.10. The van der Waals surface area contributed by atoms with Crippen LogP contribution >= 0.6 is 0 Å². The maximum absolute atomic E-state index is 13.3. The number of anilines is 1. The number of nitrogen functional groups attached to an aromatic ring is 1. The van der Waals surface area contributed by atoms with E-state index in [0.717, 1.165) is 37.6 Å². The molecule has 1 fully saturated rings. The quantitative estimate of drug-likeness (QED) is 0.266. The Balaban J connectivity index is 1.41. The maximum Gasteiger partial charge on any atom is 0.416 e. The molecule has 0 saturated carbocycles. The molecular formula is C31H31F3N6O. The molecule has 0 radical (unpaired) electrons. The smallest absolute Gasteiger partial charge is 0.383 e. The minimum absolute atomic E-state index is 0.0215. The summed E-state index contributed by atoms with van der Waals surface area (Å²) in [5.74, 6) is 6.67. The largest absolute Gasteiger partial charge is 0.416 e. The first-order valence-electron chi connectivity index (χ1n) is 13.5. The van der Waals surface area contributed by atoms with Gasteiger partial charge in [-0.25, -0.2) is 14.6 Å². The van der Waals surface area contributed by atoms with Crippen LogP contribution in [-0.2, 0) is 19.1 Å². The fourth-order valence-electron chi connectivity index (χ4n) is 5.16. The molecule has 7 nitrogen and oxygen atoms in total. The van der Waals surface area contributed by atoms with Crippen LogP contribution in [-0.4, -0.2) is 50.6 Å². The van der Waals surface area contributed by atoms with Crippen molar-refractivity contribution >= 4 is 22.6 Å². The van der Waals surface area contributed by atoms with Crippen molar-refractivity contribution in [2.45, 2.75) is 45.8 Å². The fraction of sp³-hybridized carbons (Fsp3) is 0.355. The average Bonchev–Trinajstić information content (AvgIpc) is 3.28. The highest BCUT2D eigenvalue weighted by Gasteiger charge is 2.33. The third-order valence-electron chi connectivity index (χ3n) is 7.68. The van der Waals surface area contributed by atoms with E-state index in [1.165, 1.54) is 25.4 Å². The molecule has 0 spiro atoms. The molecule has 2 aromatic carbocycles. The van der Waals surface area contributed by atoms with E-state index in [1.54, 1.807) is 12.1 Å². The Morgan fingerprint density at radius 1 is 1.05 bits per heavy atom. The molecular weight excluding hydrogens is 529 g/mol. The van der Waals surface area contributed by atoms with Gasteiger partial charge in [-0.05, 0) is 87.5 Å². The Morgan fingerprint density at radius 2 is 1.78 bits per heavy atom. The molecule has 0 bridgehead atoms. The molecule has 5 rings (SSSR count). The number of benzene rings is 2. The number of aromatic nitrogens is 4. The number of rotatable bonds is 5. The van der Waals surface area contributed by atoms with Gasteiger partial charge in [0.05, 0.1) is 10.9 Å². The number of ketones is 1. The number of likely N-dealkylation sites (tertiary alicyclic amines) is 1. The summed E-state index contributed by atoms with van der Waals surface area (Å²) in [6.45, 7) is 6.08. The SMILES string of the molecule is Cc1ccc(CC(=O)c2ccc(C)c(C(F)(F)F)c2)cc1C#Cc1nn(CC2CCN(C)CC2)c2ncnc(N)c12. The van der Waals surface area contributed by atoms with Crippen LogP contribution in [0.4, 0.5) is 19.0 Å². The number of hydrogen-bond acceptors (Lipinski definition) is 6. The van der Waals surface area contributed by atoms with Crippen molar-refractivity contribution in [3.63, 3.8) is 0 Å². The number of Topliss-reactive ketones (excluding diaryl/α,β-unsaturated/α-hetero) is 1. The lowest BCUT2D eigenvalue weighted by atomic mass is 9.96. The van der Waals surface area contributed by atoms with Crippen LogP contribution in [0.15, 0.2) is 42.7 Å². The first kappa shape index (κ1) is 28.3. The fourth-order valence-corrected chi connectivity index (χ4v) is 5.16. The molecule has 3 heterocycles. The predicted molar refractivity (Wildman–Crippen MR) is 151 cm³/mol. The van der Waals surface area contributed by atoms with Gasteiger partial charge in [-0.2, -0.15) is 18.3 Å². The van der Waals surface area contributed by atoms with Crippen molar-refractivity contribution in [1.29, 1.82) is 0 Å². The summed E-state index contributed by atoms with van der Waals surface area (Å²) < 4.78 is 41.9. The molecule has 2 N–H and O–H groups in total. The summed E-state index contributed by atoms with van der Waals surface area (Å²) >= 11 is 0. The third-order valence-corrected chi connectivity index (χ3v) is 7.68. The summed E-state index contributed by atoms with van der Waals surface area (Å²) in [7, 11) is 2.13. The van der Waals surface area contributed by atoms with E-state index < -0.39 is 17.5 Å². The van der Waals surface area contributed by atoms with Crippen molar-refractivity contribution in [3.8, 4) is 11.8 Å². The van der Waals surface area contributed by atoms with E-state index >= 15 is 0 Å². The minimum Gasteiger partial charge on any atom is -0.383 e. The first-order chi connectivity index (χ1) is 19.5. The van der Waals surface area contributed by atoms with Gasteiger partial charge in [0, 0.05) is 24.1 Å². The molecule has 10 heteroatoms. The predicted octanol–water partition coefficient (Wildman–Crippen LogP) is 5.21. The van der Waals surface area contributed by atoms with E-state index in [4.69, 9.17) is 10.8 Å². The summed E-state index contributed by atoms with van der Waals surface area (Å²) in [5, 5.41) is 5.36. The number of aryl methyl sites for hydroxylation is 2. The van der Waals surface area contributed by atoms with Gasteiger partial charge < -0.3 is 10.6 Å². The highest BCUT2D eigenvalue weighted by Crippen LogP contribution is 2.32. The second-order valence-corrected chi connectivity index (χ2v) is 10.8. The van der Waals surface area contributed by atoms with Crippen molar-refractivity contribution in [3.05, 3.63) is 81.8 Å². The minimum atomic E-state index is -4.52. The summed E-state index contributed by atoms with van der Waals surface area (Å²) in [4.78, 5) is 23.8. The van der Waals surface area contributed by atoms with Crippen LogP contribution in [0.3, 0.4) is 0 Å². The standard InChI is InChI=1S/C31H31F3N6O/c1-19-4-6-22(15-27(41)24-7-5-20(2)25(16-24)31(32,33)34)14-23(19)8-9-26-28-29(35)36-18-37-30(28)40(38-26)17-21-10-12-39(3)13-11-21/h4-7,14,16,18,21H,10-13,15,17H2,1-3H3,(H2,35,36,37). The third kappa shape index (κ3) is 6.25. The van der Waals surface area contributed by atoms with Gasteiger partial charge in [-0.15, -0.1) is 0 Å². The van der Waals surface area contributed by atoms with Gasteiger partial charge >= 0.3 is 6.18 Å². The lowest BCUT2D eigenvalue weighted by Crippen LogP contribution is -2.32. The molecule has 1 aliphatic heterocycles. The maximum atomic E-state index is 13.3. The number of carbonyl (C=O) groups is 1. The van der Waals surface area contributed by atoms with Crippen LogP contribution < -0.4 is 5.73 Å². The molecule has 1 aliphatic rings. The zero-order valence-corrected chi connectivity index (χ0v) is 23.2. The van der Waals surface area contributed by atoms with Crippen molar-refractivity contribution in [2.24, 2.45) is 5.92 Å². The van der Waals surface area contributed by atoms with Gasteiger partial charge in [0.15, 0.2) is 11.4 Å². The number of nitrogens with zero attached hydrogens (tertiary/aromatic N) is 5. The van der Waals surface area contributed by atoms with Gasteiger partial charge in [0.2, 0.25) is 0 Å². The molecule has 0 atom stereocenters. The van der Waals surface area contributed by atoms with Crippen LogP contribution in [0.2, 0.25) is 0 Å². The highest BCUT2D eigenvalue weighted by molar-refractivity contribution is 5.98. The second-order valence-electron chi connectivity index (χ2n) is 10.8. The Kier molecular flexibility index (Phi) is 7.82. The number of hydrogen-bond donors (Lipinski definition) is 1. The number of nitrogens with two attached hydrogens (primary N) is 1. The first-order valence-corrected chi connectivity index (χ1v) is 13.5. The van der Waals surface area contributed by atoms with Gasteiger partial charge in [0.25, 0.3) is 0 Å². The van der Waals surface area contributed by atoms with Crippen LogP contribution in [0.25, 0.3) is 11.0 Å². The number of fused-ring (bicyclic) bond motifs is 1. The van der Waals surface area contributed by atoms with Gasteiger partial charge in [-0.3, -0.25) is 4.79 Å². The van der Waals surface area contributed by atoms with Gasteiger partial charge in [-0.1, -0.05) is 30.2 Å². The van der Waals surface area contributed by atoms with E-state index in [0.29, 0.717) is 46.1 Å². The Labute approximate surface area is 236 Å². The topological polar surface area (TPSA) is 89.9 Å². The molecule has 2 aromatic heterocycles. The number of alkyl halides is 3. The summed E-state index contributed by atoms with van der Waals surface area (Å²) in [6.07, 6.45) is -0.998. The number of carbonyl (C=O) groups excluding carboxylic acids is 1. The summed E-state index contributed by atoms with van der Waals surface area (Å²) in [5.41, 5.74) is 8.87. The van der Waals surface area contributed by atoms with Gasteiger partial charge in [0.1, 0.15) is 17.8 Å². The molecule has 0 amide bonds. The molecule has 1 saturated heterocycles. The lowest BCUT2D eigenvalue weighted by molar-refractivity contribution is -0.138. The number of piperidine rings is 1. The Bertz CT molecular complexity index is 1670. The zero-order chi connectivity index (χ0) is 29.3. The highest BCUT2D eigenvalue weighted by atomic mass is 19.4. The normalized spacial score (nSPS) is 14.7. The van der Waals surface area contributed by atoms with Crippen LogP contribution in [0.5, 0.6) is 0 Å². The molecule has 0 unspecified atom stereocenters. The second kappa shape index (κ2) is 11.3. The molecule has 212 valence electrons. The zero-order valence-electron chi connectivity index (χ0n) is 23.2. The number of halogens is 3. The molecule has 0 aliphatic carbocycles.